The lowest BCUT2D eigenvalue weighted by atomic mass is 10.1. The summed E-state index contributed by atoms with van der Waals surface area (Å²) in [6, 6.07) is 18.6. The highest BCUT2D eigenvalue weighted by molar-refractivity contribution is 5.96. The fraction of sp³-hybridized carbons (Fsp3) is 0.182. The molecule has 4 aromatic rings. The van der Waals surface area contributed by atoms with Gasteiger partial charge in [0.25, 0.3) is 5.56 Å². The fourth-order valence-electron chi connectivity index (χ4n) is 3.37. The summed E-state index contributed by atoms with van der Waals surface area (Å²) in [6.07, 6.45) is 0. The zero-order valence-electron chi connectivity index (χ0n) is 16.7. The van der Waals surface area contributed by atoms with Crippen LogP contribution in [0.2, 0.25) is 0 Å². The van der Waals surface area contributed by atoms with Crippen LogP contribution in [0.5, 0.6) is 0 Å². The molecule has 2 aromatic heterocycles. The number of fused-ring (bicyclic) bond motifs is 1. The number of benzene rings is 2. The van der Waals surface area contributed by atoms with Crippen molar-refractivity contribution in [1.29, 1.82) is 0 Å². The molecular weight excluding hydrogens is 382 g/mol. The van der Waals surface area contributed by atoms with Gasteiger partial charge in [0.15, 0.2) is 16.9 Å². The molecule has 152 valence electrons. The van der Waals surface area contributed by atoms with Gasteiger partial charge >= 0.3 is 5.69 Å². The Morgan fingerprint density at radius 2 is 1.57 bits per heavy atom. The molecule has 0 bridgehead atoms. The zero-order chi connectivity index (χ0) is 21.3. The number of nitrogens with one attached hydrogen (secondary N) is 1. The van der Waals surface area contributed by atoms with E-state index < -0.39 is 11.2 Å². The van der Waals surface area contributed by atoms with Gasteiger partial charge in [-0.1, -0.05) is 60.7 Å². The fourth-order valence-corrected chi connectivity index (χ4v) is 3.37. The third kappa shape index (κ3) is 3.43. The first-order valence-corrected chi connectivity index (χ1v) is 9.49. The van der Waals surface area contributed by atoms with Crippen molar-refractivity contribution >= 4 is 22.9 Å². The van der Waals surface area contributed by atoms with E-state index in [0.29, 0.717) is 18.1 Å². The molecule has 0 unspecified atom stereocenters. The van der Waals surface area contributed by atoms with E-state index in [9.17, 15) is 14.4 Å². The molecular formula is C22H21N5O3. The van der Waals surface area contributed by atoms with Gasteiger partial charge < -0.3 is 5.32 Å². The predicted octanol–water partition coefficient (Wildman–Crippen LogP) is 1.93. The van der Waals surface area contributed by atoms with Gasteiger partial charge in [-0.15, -0.1) is 0 Å². The third-order valence-corrected chi connectivity index (χ3v) is 5.04. The molecule has 0 spiro atoms. The van der Waals surface area contributed by atoms with Gasteiger partial charge in [0, 0.05) is 26.2 Å². The monoisotopic (exact) mass is 403 g/mol. The number of nitrogens with zero attached hydrogens (tertiary/aromatic N) is 4. The molecule has 0 atom stereocenters. The maximum atomic E-state index is 12.9. The van der Waals surface area contributed by atoms with Crippen LogP contribution in [0, 0.1) is 0 Å². The standard InChI is InChI=1S/C22H21N5O3/c1-25-19-18(20(29)26(2)22(25)30)27(14-17(28)16-11-7-4-8-12-16)21(24-19)23-13-15-9-5-3-6-10-15/h3-12H,13-14H2,1-2H3,(H,23,24). The Morgan fingerprint density at radius 1 is 0.933 bits per heavy atom. The normalized spacial score (nSPS) is 11.0. The first-order valence-electron chi connectivity index (χ1n) is 9.49. The number of hydrogen-bond acceptors (Lipinski definition) is 5. The molecule has 0 aliphatic heterocycles. The Morgan fingerprint density at radius 3 is 2.23 bits per heavy atom. The summed E-state index contributed by atoms with van der Waals surface area (Å²) in [6.45, 7) is 0.378. The summed E-state index contributed by atoms with van der Waals surface area (Å²) >= 11 is 0. The highest BCUT2D eigenvalue weighted by atomic mass is 16.2. The van der Waals surface area contributed by atoms with Gasteiger partial charge in [0.1, 0.15) is 0 Å². The largest absolute Gasteiger partial charge is 0.351 e. The first-order chi connectivity index (χ1) is 14.5. The second-order valence-corrected chi connectivity index (χ2v) is 7.03. The van der Waals surface area contributed by atoms with Gasteiger partial charge in [-0.05, 0) is 5.56 Å². The summed E-state index contributed by atoms with van der Waals surface area (Å²) < 4.78 is 3.89. The lowest BCUT2D eigenvalue weighted by molar-refractivity contribution is 0.0974. The predicted molar refractivity (Wildman–Crippen MR) is 115 cm³/mol. The van der Waals surface area contributed by atoms with E-state index in [1.54, 1.807) is 35.9 Å². The number of ketones is 1. The quantitative estimate of drug-likeness (QED) is 0.497. The Kier molecular flexibility index (Phi) is 5.05. The Labute approximate surface area is 172 Å². The molecule has 8 heteroatoms. The van der Waals surface area contributed by atoms with Crippen molar-refractivity contribution < 1.29 is 4.79 Å². The minimum Gasteiger partial charge on any atom is -0.351 e. The second-order valence-electron chi connectivity index (χ2n) is 7.03. The number of aromatic nitrogens is 4. The number of anilines is 1. The van der Waals surface area contributed by atoms with Crippen molar-refractivity contribution in [2.24, 2.45) is 14.1 Å². The average molecular weight is 403 g/mol. The average Bonchev–Trinajstić information content (AvgIpc) is 3.14. The van der Waals surface area contributed by atoms with Crippen molar-refractivity contribution in [1.82, 2.24) is 18.7 Å². The van der Waals surface area contributed by atoms with Crippen LogP contribution in [0.1, 0.15) is 15.9 Å². The molecule has 0 radical (unpaired) electrons. The second kappa shape index (κ2) is 7.82. The molecule has 4 rings (SSSR count). The van der Waals surface area contributed by atoms with Gasteiger partial charge in [0.2, 0.25) is 5.95 Å². The lowest BCUT2D eigenvalue weighted by Crippen LogP contribution is -2.37. The van der Waals surface area contributed by atoms with Crippen molar-refractivity contribution in [2.45, 2.75) is 13.1 Å². The molecule has 0 fully saturated rings. The van der Waals surface area contributed by atoms with Crippen LogP contribution < -0.4 is 16.6 Å². The first kappa shape index (κ1) is 19.4. The smallest absolute Gasteiger partial charge is 0.332 e. The number of imidazole rings is 1. The van der Waals surface area contributed by atoms with E-state index in [4.69, 9.17) is 0 Å². The van der Waals surface area contributed by atoms with Crippen LogP contribution in [-0.2, 0) is 27.2 Å². The third-order valence-electron chi connectivity index (χ3n) is 5.04. The molecule has 0 saturated carbocycles. The number of carbonyl (C=O) groups excluding carboxylic acids is 1. The molecule has 2 heterocycles. The molecule has 0 amide bonds. The van der Waals surface area contributed by atoms with E-state index >= 15 is 0 Å². The molecule has 0 aliphatic rings. The minimum atomic E-state index is -0.491. The molecule has 1 N–H and O–H groups in total. The van der Waals surface area contributed by atoms with Crippen LogP contribution in [0.15, 0.2) is 70.3 Å². The van der Waals surface area contributed by atoms with Crippen molar-refractivity contribution in [3.05, 3.63) is 92.6 Å². The van der Waals surface area contributed by atoms with E-state index in [1.165, 1.54) is 11.6 Å². The zero-order valence-corrected chi connectivity index (χ0v) is 16.7. The highest BCUT2D eigenvalue weighted by Gasteiger charge is 2.21. The Bertz CT molecular complexity index is 1330. The Balaban J connectivity index is 1.83. The van der Waals surface area contributed by atoms with Crippen LogP contribution in [-0.4, -0.2) is 24.5 Å². The van der Waals surface area contributed by atoms with Crippen LogP contribution >= 0.6 is 0 Å². The molecule has 0 aliphatic carbocycles. The Hall–Kier alpha value is -3.94. The van der Waals surface area contributed by atoms with Crippen molar-refractivity contribution in [3.8, 4) is 0 Å². The van der Waals surface area contributed by atoms with Gasteiger partial charge in [-0.3, -0.25) is 23.3 Å². The molecule has 2 aromatic carbocycles. The van der Waals surface area contributed by atoms with E-state index in [0.717, 1.165) is 10.1 Å². The lowest BCUT2D eigenvalue weighted by Gasteiger charge is -2.11. The number of carbonyl (C=O) groups is 1. The summed E-state index contributed by atoms with van der Waals surface area (Å²) in [5.74, 6) is 0.199. The SMILES string of the molecule is Cn1c(=O)c2c(nc(NCc3ccccc3)n2CC(=O)c2ccccc2)n(C)c1=O. The summed E-state index contributed by atoms with van der Waals surface area (Å²) in [5.41, 5.74) is 1.04. The van der Waals surface area contributed by atoms with Gasteiger partial charge in [-0.25, -0.2) is 4.79 Å². The molecule has 8 nitrogen and oxygen atoms in total. The van der Waals surface area contributed by atoms with E-state index in [2.05, 4.69) is 10.3 Å². The summed E-state index contributed by atoms with van der Waals surface area (Å²) in [7, 11) is 2.97. The maximum Gasteiger partial charge on any atom is 0.332 e. The van der Waals surface area contributed by atoms with Gasteiger partial charge in [-0.2, -0.15) is 4.98 Å². The van der Waals surface area contributed by atoms with E-state index in [-0.39, 0.29) is 23.5 Å². The highest BCUT2D eigenvalue weighted by Crippen LogP contribution is 2.18. The topological polar surface area (TPSA) is 90.9 Å². The van der Waals surface area contributed by atoms with Crippen LogP contribution in [0.4, 0.5) is 5.95 Å². The number of rotatable bonds is 6. The molecule has 0 saturated heterocycles. The minimum absolute atomic E-state index is 0.0783. The van der Waals surface area contributed by atoms with Crippen LogP contribution in [0.25, 0.3) is 11.2 Å². The maximum absolute atomic E-state index is 12.9. The summed E-state index contributed by atoms with van der Waals surface area (Å²) in [5, 5.41) is 3.21. The van der Waals surface area contributed by atoms with Crippen molar-refractivity contribution in [3.63, 3.8) is 0 Å². The molecule has 30 heavy (non-hydrogen) atoms. The number of Topliss-reactive ketones (excluding diaryl/α,β-unsaturated/α-hetero) is 1. The van der Waals surface area contributed by atoms with E-state index in [1.807, 2.05) is 36.4 Å². The van der Waals surface area contributed by atoms with Crippen LogP contribution in [0.3, 0.4) is 0 Å². The number of aryl methyl sites for hydroxylation is 1. The summed E-state index contributed by atoms with van der Waals surface area (Å²) in [4.78, 5) is 42.6. The number of hydrogen-bond donors (Lipinski definition) is 1. The van der Waals surface area contributed by atoms with Gasteiger partial charge in [0.05, 0.1) is 6.54 Å². The van der Waals surface area contributed by atoms with Crippen molar-refractivity contribution in [2.75, 3.05) is 5.32 Å².